The first-order valence-corrected chi connectivity index (χ1v) is 9.79. The molecule has 136 valence electrons. The zero-order valence-electron chi connectivity index (χ0n) is 15.2. The van der Waals surface area contributed by atoms with Gasteiger partial charge in [-0.15, -0.1) is 10.2 Å². The Morgan fingerprint density at radius 3 is 2.50 bits per heavy atom. The molecular formula is C21H26N4O. The Morgan fingerprint density at radius 1 is 0.962 bits per heavy atom. The molecule has 2 fully saturated rings. The van der Waals surface area contributed by atoms with Crippen LogP contribution >= 0.6 is 0 Å². The van der Waals surface area contributed by atoms with Crippen molar-refractivity contribution in [1.82, 2.24) is 15.5 Å². The lowest BCUT2D eigenvalue weighted by molar-refractivity contribution is 0.0938. The van der Waals surface area contributed by atoms with E-state index in [-0.39, 0.29) is 5.91 Å². The normalized spacial score (nSPS) is 18.1. The van der Waals surface area contributed by atoms with Crippen molar-refractivity contribution in [2.24, 2.45) is 0 Å². The van der Waals surface area contributed by atoms with Crippen LogP contribution in [0.4, 0.5) is 5.82 Å². The summed E-state index contributed by atoms with van der Waals surface area (Å²) in [7, 11) is 0. The number of benzene rings is 1. The van der Waals surface area contributed by atoms with E-state index in [1.807, 2.05) is 36.4 Å². The van der Waals surface area contributed by atoms with Crippen LogP contribution in [-0.4, -0.2) is 35.2 Å². The van der Waals surface area contributed by atoms with Crippen LogP contribution in [-0.2, 0) is 0 Å². The van der Waals surface area contributed by atoms with Crippen LogP contribution in [0.2, 0.25) is 0 Å². The van der Waals surface area contributed by atoms with E-state index in [1.165, 1.54) is 32.1 Å². The summed E-state index contributed by atoms with van der Waals surface area (Å²) in [6.45, 7) is 2.12. The SMILES string of the molecule is O=C(NC1CCCC1)c1cccc(-c2ccc(N3CCCCC3)nn2)c1. The molecule has 1 amide bonds. The minimum Gasteiger partial charge on any atom is -0.355 e. The lowest BCUT2D eigenvalue weighted by atomic mass is 10.1. The minimum atomic E-state index is 0.0108. The number of amides is 1. The van der Waals surface area contributed by atoms with Crippen molar-refractivity contribution in [2.45, 2.75) is 51.0 Å². The summed E-state index contributed by atoms with van der Waals surface area (Å²) in [6.07, 6.45) is 8.36. The Kier molecular flexibility index (Phi) is 5.14. The second-order valence-electron chi connectivity index (χ2n) is 7.36. The van der Waals surface area contributed by atoms with Gasteiger partial charge in [-0.05, 0) is 56.4 Å². The summed E-state index contributed by atoms with van der Waals surface area (Å²) < 4.78 is 0. The molecule has 1 saturated carbocycles. The summed E-state index contributed by atoms with van der Waals surface area (Å²) in [5.41, 5.74) is 2.43. The van der Waals surface area contributed by atoms with Crippen LogP contribution in [0, 0.1) is 0 Å². The monoisotopic (exact) mass is 350 g/mol. The van der Waals surface area contributed by atoms with Crippen LogP contribution < -0.4 is 10.2 Å². The van der Waals surface area contributed by atoms with Gasteiger partial charge in [-0.25, -0.2) is 0 Å². The third-order valence-electron chi connectivity index (χ3n) is 5.44. The van der Waals surface area contributed by atoms with Crippen molar-refractivity contribution in [3.63, 3.8) is 0 Å². The molecule has 1 aromatic carbocycles. The fourth-order valence-electron chi connectivity index (χ4n) is 3.93. The second kappa shape index (κ2) is 7.85. The molecule has 2 aromatic rings. The van der Waals surface area contributed by atoms with E-state index in [9.17, 15) is 4.79 Å². The van der Waals surface area contributed by atoms with Crippen molar-refractivity contribution in [2.75, 3.05) is 18.0 Å². The maximum Gasteiger partial charge on any atom is 0.251 e. The number of rotatable bonds is 4. The van der Waals surface area contributed by atoms with Crippen LogP contribution in [0.15, 0.2) is 36.4 Å². The molecule has 5 heteroatoms. The number of aromatic nitrogens is 2. The quantitative estimate of drug-likeness (QED) is 0.911. The maximum atomic E-state index is 12.5. The van der Waals surface area contributed by atoms with Gasteiger partial charge in [0.1, 0.15) is 0 Å². The fourth-order valence-corrected chi connectivity index (χ4v) is 3.93. The highest BCUT2D eigenvalue weighted by Crippen LogP contribution is 2.22. The van der Waals surface area contributed by atoms with E-state index < -0.39 is 0 Å². The van der Waals surface area contributed by atoms with Crippen LogP contribution in [0.25, 0.3) is 11.3 Å². The van der Waals surface area contributed by atoms with Crippen LogP contribution in [0.1, 0.15) is 55.3 Å². The molecule has 0 spiro atoms. The average molecular weight is 350 g/mol. The van der Waals surface area contributed by atoms with Crippen molar-refractivity contribution in [1.29, 1.82) is 0 Å². The van der Waals surface area contributed by atoms with Gasteiger partial charge in [-0.1, -0.05) is 25.0 Å². The summed E-state index contributed by atoms with van der Waals surface area (Å²) in [6, 6.07) is 12.0. The summed E-state index contributed by atoms with van der Waals surface area (Å²) >= 11 is 0. The molecule has 1 aliphatic heterocycles. The molecular weight excluding hydrogens is 324 g/mol. The van der Waals surface area contributed by atoms with E-state index in [0.29, 0.717) is 11.6 Å². The second-order valence-corrected chi connectivity index (χ2v) is 7.36. The van der Waals surface area contributed by atoms with Gasteiger partial charge in [-0.3, -0.25) is 4.79 Å². The lowest BCUT2D eigenvalue weighted by Crippen LogP contribution is -2.32. The number of nitrogens with one attached hydrogen (secondary N) is 1. The van der Waals surface area contributed by atoms with Crippen LogP contribution in [0.5, 0.6) is 0 Å². The Hall–Kier alpha value is -2.43. The molecule has 1 saturated heterocycles. The largest absolute Gasteiger partial charge is 0.355 e. The van der Waals surface area contributed by atoms with Crippen LogP contribution in [0.3, 0.4) is 0 Å². The smallest absolute Gasteiger partial charge is 0.251 e. The zero-order valence-corrected chi connectivity index (χ0v) is 15.2. The van der Waals surface area contributed by atoms with Gasteiger partial charge in [0.2, 0.25) is 0 Å². The number of nitrogens with zero attached hydrogens (tertiary/aromatic N) is 3. The van der Waals surface area contributed by atoms with Gasteiger partial charge in [0.25, 0.3) is 5.91 Å². The summed E-state index contributed by atoms with van der Waals surface area (Å²) in [4.78, 5) is 14.8. The number of anilines is 1. The first-order chi connectivity index (χ1) is 12.8. The van der Waals surface area contributed by atoms with E-state index >= 15 is 0 Å². The third kappa shape index (κ3) is 3.87. The summed E-state index contributed by atoms with van der Waals surface area (Å²) in [5, 5.41) is 12.0. The molecule has 2 heterocycles. The molecule has 5 nitrogen and oxygen atoms in total. The molecule has 0 radical (unpaired) electrons. The molecule has 4 rings (SSSR count). The minimum absolute atomic E-state index is 0.0108. The maximum absolute atomic E-state index is 12.5. The highest BCUT2D eigenvalue weighted by Gasteiger charge is 2.18. The molecule has 26 heavy (non-hydrogen) atoms. The van der Waals surface area contributed by atoms with E-state index in [2.05, 4.69) is 20.4 Å². The molecule has 2 aliphatic rings. The number of hydrogen-bond acceptors (Lipinski definition) is 4. The number of piperidine rings is 1. The third-order valence-corrected chi connectivity index (χ3v) is 5.44. The molecule has 0 atom stereocenters. The molecule has 0 bridgehead atoms. The molecule has 1 aliphatic carbocycles. The Morgan fingerprint density at radius 2 is 1.77 bits per heavy atom. The Balaban J connectivity index is 1.47. The molecule has 1 aromatic heterocycles. The Bertz CT molecular complexity index is 747. The fraction of sp³-hybridized carbons (Fsp3) is 0.476. The number of hydrogen-bond donors (Lipinski definition) is 1. The number of carbonyl (C=O) groups is 1. The van der Waals surface area contributed by atoms with Crippen molar-refractivity contribution >= 4 is 11.7 Å². The van der Waals surface area contributed by atoms with E-state index in [4.69, 9.17) is 0 Å². The van der Waals surface area contributed by atoms with E-state index in [0.717, 1.165) is 43.0 Å². The van der Waals surface area contributed by atoms with Crippen molar-refractivity contribution in [3.8, 4) is 11.3 Å². The summed E-state index contributed by atoms with van der Waals surface area (Å²) in [5.74, 6) is 0.959. The van der Waals surface area contributed by atoms with Gasteiger partial charge in [0.05, 0.1) is 5.69 Å². The number of carbonyl (C=O) groups excluding carboxylic acids is 1. The predicted octanol–water partition coefficient (Wildman–Crippen LogP) is 3.81. The highest BCUT2D eigenvalue weighted by molar-refractivity contribution is 5.95. The van der Waals surface area contributed by atoms with Gasteiger partial charge >= 0.3 is 0 Å². The highest BCUT2D eigenvalue weighted by atomic mass is 16.1. The van der Waals surface area contributed by atoms with Crippen molar-refractivity contribution < 1.29 is 4.79 Å². The zero-order chi connectivity index (χ0) is 17.8. The van der Waals surface area contributed by atoms with Crippen molar-refractivity contribution in [3.05, 3.63) is 42.0 Å². The van der Waals surface area contributed by atoms with Gasteiger partial charge in [0, 0.05) is 30.3 Å². The predicted molar refractivity (Wildman–Crippen MR) is 103 cm³/mol. The van der Waals surface area contributed by atoms with E-state index in [1.54, 1.807) is 0 Å². The first kappa shape index (κ1) is 17.0. The molecule has 0 unspecified atom stereocenters. The topological polar surface area (TPSA) is 58.1 Å². The first-order valence-electron chi connectivity index (χ1n) is 9.79. The standard InChI is InChI=1S/C21H26N4O/c26-21(22-18-9-2-3-10-18)17-8-6-7-16(15-17)19-11-12-20(24-23-19)25-13-4-1-5-14-25/h6-8,11-12,15,18H,1-5,9-10,13-14H2,(H,22,26). The van der Waals surface area contributed by atoms with Gasteiger partial charge < -0.3 is 10.2 Å². The Labute approximate surface area is 154 Å². The lowest BCUT2D eigenvalue weighted by Gasteiger charge is -2.27. The molecule has 1 N–H and O–H groups in total. The van der Waals surface area contributed by atoms with Gasteiger partial charge in [-0.2, -0.15) is 0 Å². The average Bonchev–Trinajstić information content (AvgIpc) is 3.22. The van der Waals surface area contributed by atoms with Gasteiger partial charge in [0.15, 0.2) is 5.82 Å².